The van der Waals surface area contributed by atoms with Crippen molar-refractivity contribution in [3.8, 4) is 11.3 Å². The van der Waals surface area contributed by atoms with Gasteiger partial charge in [-0.15, -0.1) is 0 Å². The van der Waals surface area contributed by atoms with E-state index in [1.165, 1.54) is 6.92 Å². The van der Waals surface area contributed by atoms with Crippen molar-refractivity contribution in [2.45, 2.75) is 19.3 Å². The van der Waals surface area contributed by atoms with Crippen LogP contribution in [0.1, 0.15) is 25.0 Å². The Hall–Kier alpha value is -2.80. The van der Waals surface area contributed by atoms with Gasteiger partial charge in [0.1, 0.15) is 5.82 Å². The molecule has 0 spiro atoms. The maximum absolute atomic E-state index is 11.3. The van der Waals surface area contributed by atoms with Crippen LogP contribution in [0.3, 0.4) is 0 Å². The highest BCUT2D eigenvalue weighted by Gasteiger charge is 2.20. The summed E-state index contributed by atoms with van der Waals surface area (Å²) in [6, 6.07) is 1.87. The largest absolute Gasteiger partial charge is 0.381 e. The van der Waals surface area contributed by atoms with Crippen molar-refractivity contribution in [1.29, 1.82) is 0 Å². The lowest BCUT2D eigenvalue weighted by Gasteiger charge is -2.08. The number of anilines is 1. The topological polar surface area (TPSA) is 81.9 Å². The Morgan fingerprint density at radius 2 is 2.24 bits per heavy atom. The number of aromatic nitrogens is 4. The lowest BCUT2D eigenvalue weighted by atomic mass is 10.1. The summed E-state index contributed by atoms with van der Waals surface area (Å²) in [7, 11) is 1.97. The molecule has 7 heteroatoms. The van der Waals surface area contributed by atoms with Crippen molar-refractivity contribution >= 4 is 22.6 Å². The first kappa shape index (κ1) is 15.7. The predicted octanol–water partition coefficient (Wildman–Crippen LogP) is 2.49. The average Bonchev–Trinajstić information content (AvgIpc) is 3.23. The number of nitrogens with one attached hydrogen (secondary N) is 1. The van der Waals surface area contributed by atoms with Crippen LogP contribution in [-0.2, 0) is 16.6 Å². The van der Waals surface area contributed by atoms with Gasteiger partial charge in [-0.3, -0.25) is 9.78 Å². The fourth-order valence-electron chi connectivity index (χ4n) is 3.21. The third-order valence-corrected chi connectivity index (χ3v) is 4.46. The van der Waals surface area contributed by atoms with Crippen molar-refractivity contribution in [2.24, 2.45) is 7.05 Å². The Balaban J connectivity index is 1.80. The Bertz CT molecular complexity index is 944. The summed E-state index contributed by atoms with van der Waals surface area (Å²) in [6.45, 7) is 2.94. The highest BCUT2D eigenvalue weighted by atomic mass is 16.5. The summed E-state index contributed by atoms with van der Waals surface area (Å²) in [5.41, 5.74) is 3.72. The fourth-order valence-corrected chi connectivity index (χ4v) is 3.21. The number of rotatable bonds is 3. The molecule has 4 rings (SSSR count). The second kappa shape index (κ2) is 6.25. The lowest BCUT2D eigenvalue weighted by molar-refractivity contribution is -0.114. The number of ether oxygens (including phenoxy) is 1. The molecular formula is C18H19N5O2. The van der Waals surface area contributed by atoms with E-state index in [4.69, 9.17) is 9.72 Å². The highest BCUT2D eigenvalue weighted by molar-refractivity contribution is 5.98. The molecule has 3 aromatic heterocycles. The Morgan fingerprint density at radius 3 is 3.00 bits per heavy atom. The summed E-state index contributed by atoms with van der Waals surface area (Å²) >= 11 is 0. The standard InChI is InChI=1S/C18H19N5O2/c1-11(24)21-18-5-13-14(9-23(2)17(13)8-20-18)16-7-19-6-15(22-16)12-3-4-25-10-12/h5-9,12H,3-4,10H2,1-2H3,(H,20,21,24). The molecule has 7 nitrogen and oxygen atoms in total. The van der Waals surface area contributed by atoms with Crippen LogP contribution in [0.15, 0.2) is 30.9 Å². The van der Waals surface area contributed by atoms with Crippen molar-refractivity contribution in [3.05, 3.63) is 36.5 Å². The van der Waals surface area contributed by atoms with Crippen molar-refractivity contribution in [1.82, 2.24) is 19.5 Å². The molecule has 0 bridgehead atoms. The van der Waals surface area contributed by atoms with E-state index in [0.717, 1.165) is 40.9 Å². The number of fused-ring (bicyclic) bond motifs is 1. The van der Waals surface area contributed by atoms with Gasteiger partial charge in [0.15, 0.2) is 0 Å². The first-order valence-corrected chi connectivity index (χ1v) is 8.24. The third-order valence-electron chi connectivity index (χ3n) is 4.46. The first-order chi connectivity index (χ1) is 12.1. The van der Waals surface area contributed by atoms with E-state index in [9.17, 15) is 4.79 Å². The monoisotopic (exact) mass is 337 g/mol. The zero-order valence-electron chi connectivity index (χ0n) is 14.2. The molecule has 1 saturated heterocycles. The zero-order valence-corrected chi connectivity index (χ0v) is 14.2. The van der Waals surface area contributed by atoms with Gasteiger partial charge in [-0.25, -0.2) is 9.97 Å². The highest BCUT2D eigenvalue weighted by Crippen LogP contribution is 2.31. The maximum atomic E-state index is 11.3. The number of carbonyl (C=O) groups is 1. The molecule has 0 saturated carbocycles. The molecule has 1 unspecified atom stereocenters. The quantitative estimate of drug-likeness (QED) is 0.794. The number of hydrogen-bond acceptors (Lipinski definition) is 5. The molecule has 1 atom stereocenters. The van der Waals surface area contributed by atoms with Crippen LogP contribution >= 0.6 is 0 Å². The molecule has 0 aliphatic carbocycles. The van der Waals surface area contributed by atoms with Crippen LogP contribution in [0.2, 0.25) is 0 Å². The van der Waals surface area contributed by atoms with Gasteiger partial charge in [-0.2, -0.15) is 0 Å². The minimum absolute atomic E-state index is 0.146. The van der Waals surface area contributed by atoms with Gasteiger partial charge in [-0.1, -0.05) is 0 Å². The number of pyridine rings is 1. The van der Waals surface area contributed by atoms with Crippen LogP contribution in [0.5, 0.6) is 0 Å². The number of amides is 1. The van der Waals surface area contributed by atoms with Crippen LogP contribution in [0, 0.1) is 0 Å². The van der Waals surface area contributed by atoms with Gasteiger partial charge in [-0.05, 0) is 12.5 Å². The molecule has 25 heavy (non-hydrogen) atoms. The SMILES string of the molecule is CC(=O)Nc1cc2c(-c3cncc(C4CCOC4)n3)cn(C)c2cn1. The molecule has 1 amide bonds. The Labute approximate surface area is 145 Å². The van der Waals surface area contributed by atoms with Crippen molar-refractivity contribution in [3.63, 3.8) is 0 Å². The van der Waals surface area contributed by atoms with E-state index in [1.807, 2.05) is 30.1 Å². The molecular weight excluding hydrogens is 318 g/mol. The van der Waals surface area contributed by atoms with Crippen LogP contribution in [-0.4, -0.2) is 38.6 Å². The second-order valence-corrected chi connectivity index (χ2v) is 6.31. The smallest absolute Gasteiger partial charge is 0.222 e. The van der Waals surface area contributed by atoms with Crippen LogP contribution in [0.25, 0.3) is 22.2 Å². The molecule has 128 valence electrons. The fraction of sp³-hybridized carbons (Fsp3) is 0.333. The van der Waals surface area contributed by atoms with Gasteiger partial charge in [0.05, 0.1) is 35.9 Å². The van der Waals surface area contributed by atoms with Crippen LogP contribution in [0.4, 0.5) is 5.82 Å². The average molecular weight is 337 g/mol. The first-order valence-electron chi connectivity index (χ1n) is 8.24. The zero-order chi connectivity index (χ0) is 17.4. The number of hydrogen-bond donors (Lipinski definition) is 1. The number of nitrogens with zero attached hydrogens (tertiary/aromatic N) is 4. The van der Waals surface area contributed by atoms with Gasteiger partial charge in [0.2, 0.25) is 5.91 Å². The minimum Gasteiger partial charge on any atom is -0.381 e. The van der Waals surface area contributed by atoms with Crippen molar-refractivity contribution < 1.29 is 9.53 Å². The summed E-state index contributed by atoms with van der Waals surface area (Å²) in [5.74, 6) is 0.687. The van der Waals surface area contributed by atoms with Crippen molar-refractivity contribution in [2.75, 3.05) is 18.5 Å². The lowest BCUT2D eigenvalue weighted by Crippen LogP contribution is -2.07. The van der Waals surface area contributed by atoms with E-state index in [0.29, 0.717) is 18.3 Å². The molecule has 0 aromatic carbocycles. The van der Waals surface area contributed by atoms with Gasteiger partial charge in [0.25, 0.3) is 0 Å². The predicted molar refractivity (Wildman–Crippen MR) is 94.2 cm³/mol. The second-order valence-electron chi connectivity index (χ2n) is 6.31. The molecule has 4 heterocycles. The Morgan fingerprint density at radius 1 is 1.36 bits per heavy atom. The molecule has 1 fully saturated rings. The molecule has 1 aliphatic heterocycles. The number of carbonyl (C=O) groups excluding carboxylic acids is 1. The van der Waals surface area contributed by atoms with E-state index in [2.05, 4.69) is 15.3 Å². The summed E-state index contributed by atoms with van der Waals surface area (Å²) in [4.78, 5) is 24.8. The summed E-state index contributed by atoms with van der Waals surface area (Å²) in [6.07, 6.45) is 8.34. The summed E-state index contributed by atoms with van der Waals surface area (Å²) < 4.78 is 7.47. The molecule has 0 radical (unpaired) electrons. The Kier molecular flexibility index (Phi) is 3.93. The molecule has 1 N–H and O–H groups in total. The molecule has 1 aliphatic rings. The molecule has 3 aromatic rings. The van der Waals surface area contributed by atoms with Gasteiger partial charge < -0.3 is 14.6 Å². The van der Waals surface area contributed by atoms with E-state index in [1.54, 1.807) is 12.4 Å². The number of aryl methyl sites for hydroxylation is 1. The third kappa shape index (κ3) is 2.98. The van der Waals surface area contributed by atoms with E-state index < -0.39 is 0 Å². The minimum atomic E-state index is -0.146. The van der Waals surface area contributed by atoms with Gasteiger partial charge >= 0.3 is 0 Å². The van der Waals surface area contributed by atoms with E-state index in [-0.39, 0.29) is 5.91 Å². The normalized spacial score (nSPS) is 17.1. The van der Waals surface area contributed by atoms with E-state index >= 15 is 0 Å². The maximum Gasteiger partial charge on any atom is 0.222 e. The van der Waals surface area contributed by atoms with Gasteiger partial charge in [0, 0.05) is 49.8 Å². The van der Waals surface area contributed by atoms with Crippen LogP contribution < -0.4 is 5.32 Å². The summed E-state index contributed by atoms with van der Waals surface area (Å²) in [5, 5.41) is 3.71.